The van der Waals surface area contributed by atoms with E-state index in [-0.39, 0.29) is 6.17 Å². The van der Waals surface area contributed by atoms with Gasteiger partial charge in [0.05, 0.1) is 6.54 Å². The van der Waals surface area contributed by atoms with E-state index >= 15 is 0 Å². The topological polar surface area (TPSA) is 147 Å². The summed E-state index contributed by atoms with van der Waals surface area (Å²) < 4.78 is 35.9. The van der Waals surface area contributed by atoms with Gasteiger partial charge in [-0.25, -0.2) is 10.8 Å². The molecule has 0 aromatic heterocycles. The van der Waals surface area contributed by atoms with Crippen molar-refractivity contribution in [3.63, 3.8) is 0 Å². The lowest BCUT2D eigenvalue weighted by molar-refractivity contribution is 0.0698. The Kier molecular flexibility index (Phi) is 22.7. The summed E-state index contributed by atoms with van der Waals surface area (Å²) in [6, 6.07) is 1.71. The molecule has 1 rings (SSSR count). The molecule has 1 aliphatic rings. The first-order chi connectivity index (χ1) is 20.9. The van der Waals surface area contributed by atoms with Crippen molar-refractivity contribution in [1.82, 2.24) is 10.3 Å². The number of aliphatic imine (C=N–C) groups is 2. The largest absolute Gasteiger partial charge is 0.500 e. The van der Waals surface area contributed by atoms with Gasteiger partial charge in [-0.15, -0.1) is 0 Å². The quantitative estimate of drug-likeness (QED) is 0.0614. The molecule has 0 spiro atoms. The van der Waals surface area contributed by atoms with Gasteiger partial charge in [0.25, 0.3) is 0 Å². The predicted molar refractivity (Wildman–Crippen MR) is 179 cm³/mol. The highest BCUT2D eigenvalue weighted by Gasteiger charge is 2.40. The Bertz CT molecular complexity index is 733. The van der Waals surface area contributed by atoms with Crippen molar-refractivity contribution in [3.05, 3.63) is 0 Å². The number of hydrogen-bond acceptors (Lipinski definition) is 10. The first-order valence-electron chi connectivity index (χ1n) is 16.8. The number of guanidine groups is 1. The van der Waals surface area contributed by atoms with Crippen molar-refractivity contribution in [2.75, 3.05) is 52.7 Å². The van der Waals surface area contributed by atoms with Crippen LogP contribution >= 0.6 is 0 Å². The molecule has 254 valence electrons. The zero-order valence-electron chi connectivity index (χ0n) is 28.2. The van der Waals surface area contributed by atoms with Crippen LogP contribution in [0.1, 0.15) is 106 Å². The summed E-state index contributed by atoms with van der Waals surface area (Å²) in [7, 11) is -5.14. The van der Waals surface area contributed by atoms with E-state index in [0.29, 0.717) is 58.7 Å². The number of amidine groups is 1. The van der Waals surface area contributed by atoms with Crippen LogP contribution in [0.4, 0.5) is 0 Å². The second kappa shape index (κ2) is 24.3. The minimum absolute atomic E-state index is 0.133. The minimum atomic E-state index is -2.57. The summed E-state index contributed by atoms with van der Waals surface area (Å²) in [4.78, 5) is 9.55. The Morgan fingerprint density at radius 2 is 1.14 bits per heavy atom. The zero-order valence-corrected chi connectivity index (χ0v) is 30.2. The highest BCUT2D eigenvalue weighted by atomic mass is 28.4. The van der Waals surface area contributed by atoms with Gasteiger partial charge in [-0.05, 0) is 73.6 Å². The summed E-state index contributed by atoms with van der Waals surface area (Å²) in [5.74, 6) is 8.05. The molecule has 0 aromatic rings. The van der Waals surface area contributed by atoms with Crippen molar-refractivity contribution < 1.29 is 26.6 Å². The van der Waals surface area contributed by atoms with Crippen molar-refractivity contribution in [2.24, 2.45) is 21.6 Å². The molecule has 0 saturated carbocycles. The van der Waals surface area contributed by atoms with E-state index in [9.17, 15) is 0 Å². The van der Waals surface area contributed by atoms with Gasteiger partial charge >= 0.3 is 17.6 Å². The maximum atomic E-state index is 6.45. The molecule has 1 unspecified atom stereocenters. The Hall–Kier alpha value is -0.946. The van der Waals surface area contributed by atoms with Crippen molar-refractivity contribution >= 4 is 29.4 Å². The molecule has 0 fully saturated rings. The molecular formula is C29H64N6O6Si2. The molecule has 14 heteroatoms. The molecule has 0 aromatic carbocycles. The second-order valence-corrected chi connectivity index (χ2v) is 15.9. The minimum Gasteiger partial charge on any atom is -0.374 e. The Labute approximate surface area is 264 Å². The Morgan fingerprint density at radius 1 is 0.698 bits per heavy atom. The summed E-state index contributed by atoms with van der Waals surface area (Å²) in [5, 5.41) is 5.01. The molecule has 0 bridgehead atoms. The van der Waals surface area contributed by atoms with Gasteiger partial charge in [0.1, 0.15) is 12.0 Å². The molecule has 5 N–H and O–H groups in total. The third kappa shape index (κ3) is 15.7. The van der Waals surface area contributed by atoms with Crippen LogP contribution in [0.25, 0.3) is 0 Å². The van der Waals surface area contributed by atoms with Gasteiger partial charge < -0.3 is 37.6 Å². The van der Waals surface area contributed by atoms with E-state index in [1.54, 1.807) is 5.01 Å². The molecule has 1 atom stereocenters. The predicted octanol–water partition coefficient (Wildman–Crippen LogP) is 4.80. The molecule has 12 nitrogen and oxygen atoms in total. The van der Waals surface area contributed by atoms with Crippen LogP contribution in [0.5, 0.6) is 0 Å². The van der Waals surface area contributed by atoms with Gasteiger partial charge in [-0.2, -0.15) is 0 Å². The van der Waals surface area contributed by atoms with Crippen molar-refractivity contribution in [2.45, 2.75) is 124 Å². The third-order valence-electron chi connectivity index (χ3n) is 7.04. The molecular weight excluding hydrogens is 585 g/mol. The van der Waals surface area contributed by atoms with Crippen molar-refractivity contribution in [3.8, 4) is 0 Å². The van der Waals surface area contributed by atoms with Gasteiger partial charge in [0.15, 0.2) is 0 Å². The fourth-order valence-corrected chi connectivity index (χ4v) is 10.6. The smallest absolute Gasteiger partial charge is 0.374 e. The van der Waals surface area contributed by atoms with Crippen LogP contribution in [0, 0.1) is 0 Å². The summed E-state index contributed by atoms with van der Waals surface area (Å²) in [6.07, 6.45) is 10.1. The molecule has 1 heterocycles. The maximum absolute atomic E-state index is 6.45. The van der Waals surface area contributed by atoms with Crippen LogP contribution in [-0.2, 0) is 26.6 Å². The maximum Gasteiger partial charge on any atom is 0.500 e. The van der Waals surface area contributed by atoms with Crippen molar-refractivity contribution in [1.29, 1.82) is 0 Å². The first kappa shape index (κ1) is 40.1. The number of nitrogens with two attached hydrogens (primary N) is 2. The summed E-state index contributed by atoms with van der Waals surface area (Å²) in [5.41, 5.74) is 5.72. The van der Waals surface area contributed by atoms with E-state index in [4.69, 9.17) is 43.1 Å². The molecule has 43 heavy (non-hydrogen) atoms. The van der Waals surface area contributed by atoms with E-state index in [1.165, 1.54) is 0 Å². The van der Waals surface area contributed by atoms with Gasteiger partial charge in [-0.1, -0.05) is 25.7 Å². The van der Waals surface area contributed by atoms with Gasteiger partial charge in [0.2, 0.25) is 5.96 Å². The monoisotopic (exact) mass is 648 g/mol. The van der Waals surface area contributed by atoms with Crippen LogP contribution in [0.15, 0.2) is 9.98 Å². The molecule has 0 amide bonds. The van der Waals surface area contributed by atoms with Crippen LogP contribution < -0.4 is 16.9 Å². The SMILES string of the molecule is CCO[Si](CCCCCCC1=NC(CCCCCC[Si](OCC)(OCC)OCC)N(N)C(=NCCN)N1)(OCC)OCC. The fourth-order valence-electron chi connectivity index (χ4n) is 5.24. The first-order valence-corrected chi connectivity index (χ1v) is 20.7. The normalized spacial score (nSPS) is 17.0. The lowest BCUT2D eigenvalue weighted by Gasteiger charge is -2.33. The molecule has 0 saturated heterocycles. The van der Waals surface area contributed by atoms with Crippen LogP contribution in [0.3, 0.4) is 0 Å². The van der Waals surface area contributed by atoms with Gasteiger partial charge in [0, 0.05) is 64.7 Å². The van der Waals surface area contributed by atoms with E-state index in [2.05, 4.69) is 10.3 Å². The molecule has 0 aliphatic carbocycles. The number of hydrogen-bond donors (Lipinski definition) is 3. The average Bonchev–Trinajstić information content (AvgIpc) is 2.98. The molecule has 1 aliphatic heterocycles. The zero-order chi connectivity index (χ0) is 31.8. The van der Waals surface area contributed by atoms with Crippen LogP contribution in [0.2, 0.25) is 12.1 Å². The van der Waals surface area contributed by atoms with E-state index < -0.39 is 17.6 Å². The van der Waals surface area contributed by atoms with Crippen LogP contribution in [-0.4, -0.2) is 93.3 Å². The lowest BCUT2D eigenvalue weighted by atomic mass is 10.1. The van der Waals surface area contributed by atoms with E-state index in [0.717, 1.165) is 82.1 Å². The van der Waals surface area contributed by atoms with Gasteiger partial charge in [-0.3, -0.25) is 10.0 Å². The number of unbranched alkanes of at least 4 members (excludes halogenated alkanes) is 6. The number of nitrogens with one attached hydrogen (secondary N) is 1. The standard InChI is InChI=1S/C29H64N6O6Si2/c1-7-36-42(37-8-2,38-9-3)25-19-15-13-17-21-27-33-28(35(31)29(34-27)32-24-23-30)22-18-14-16-20-26-43(39-10-4,40-11-5)41-12-6/h28H,7-26,30-31H2,1-6H3,(H,32,33,34). The third-order valence-corrected chi connectivity index (χ3v) is 13.3. The molecule has 0 radical (unpaired) electrons. The number of nitrogens with zero attached hydrogens (tertiary/aromatic N) is 3. The Balaban J connectivity index is 2.59. The average molecular weight is 649 g/mol. The number of rotatable bonds is 28. The highest BCUT2D eigenvalue weighted by molar-refractivity contribution is 6.61. The highest BCUT2D eigenvalue weighted by Crippen LogP contribution is 2.23. The Morgan fingerprint density at radius 3 is 1.58 bits per heavy atom. The lowest BCUT2D eigenvalue weighted by Crippen LogP contribution is -2.57. The summed E-state index contributed by atoms with van der Waals surface area (Å²) >= 11 is 0. The summed E-state index contributed by atoms with van der Waals surface area (Å²) in [6.45, 7) is 16.7. The second-order valence-electron chi connectivity index (χ2n) is 10.4. The van der Waals surface area contributed by atoms with E-state index in [1.807, 2.05) is 41.5 Å². The number of hydrazine groups is 1. The fraction of sp³-hybridized carbons (Fsp3) is 0.931.